The summed E-state index contributed by atoms with van der Waals surface area (Å²) in [5.74, 6) is 0. The van der Waals surface area contributed by atoms with Crippen LogP contribution < -0.4 is 0 Å². The van der Waals surface area contributed by atoms with Crippen LogP contribution in [0.1, 0.15) is 12.0 Å². The molecule has 2 aliphatic rings. The molecular formula is C13H15Cl2N3O2. The molecule has 2 saturated heterocycles. The van der Waals surface area contributed by atoms with Crippen LogP contribution >= 0.6 is 23.2 Å². The number of halogens is 2. The van der Waals surface area contributed by atoms with Crippen molar-refractivity contribution in [2.45, 2.75) is 18.6 Å². The summed E-state index contributed by atoms with van der Waals surface area (Å²) >= 11 is 12.3. The summed E-state index contributed by atoms with van der Waals surface area (Å²) in [6, 6.07) is 0. The number of rotatable bonds is 2. The summed E-state index contributed by atoms with van der Waals surface area (Å²) < 4.78 is 5.52. The van der Waals surface area contributed by atoms with Crippen LogP contribution in [0.15, 0.2) is 12.4 Å². The Morgan fingerprint density at radius 2 is 2.05 bits per heavy atom. The molecule has 108 valence electrons. The first kappa shape index (κ1) is 13.9. The average molecular weight is 316 g/mol. The lowest BCUT2D eigenvalue weighted by Crippen LogP contribution is -2.37. The first-order chi connectivity index (χ1) is 9.49. The summed E-state index contributed by atoms with van der Waals surface area (Å²) in [4.78, 5) is 19.3. The number of likely N-dealkylation sites (tertiary alicyclic amines) is 1. The van der Waals surface area contributed by atoms with Gasteiger partial charge in [0, 0.05) is 51.1 Å². The molecule has 20 heavy (non-hydrogen) atoms. The molecule has 3 rings (SSSR count). The van der Waals surface area contributed by atoms with E-state index >= 15 is 0 Å². The maximum Gasteiger partial charge on any atom is 0.410 e. The van der Waals surface area contributed by atoms with Gasteiger partial charge in [-0.2, -0.15) is 0 Å². The van der Waals surface area contributed by atoms with Gasteiger partial charge in [0.25, 0.3) is 0 Å². The number of likely N-dealkylation sites (N-methyl/N-ethyl adjacent to an activating group) is 1. The minimum absolute atomic E-state index is 0.244. The number of hydrogen-bond acceptors (Lipinski definition) is 4. The number of carbonyl (C=O) groups excluding carboxylic acids is 1. The van der Waals surface area contributed by atoms with Crippen molar-refractivity contribution in [1.82, 2.24) is 14.8 Å². The standard InChI is InChI=1S/C13H15Cl2N3O2/c1-17-7-13(20-12(17)19)2-3-18(8-13)6-9-10(14)4-16-5-11(9)15/h4-5H,2-3,6-8H2,1H3/t13-/m0/s1. The van der Waals surface area contributed by atoms with Crippen molar-refractivity contribution in [1.29, 1.82) is 0 Å². The Morgan fingerprint density at radius 3 is 2.65 bits per heavy atom. The fourth-order valence-electron chi connectivity index (χ4n) is 2.88. The number of carbonyl (C=O) groups is 1. The van der Waals surface area contributed by atoms with E-state index < -0.39 is 0 Å². The van der Waals surface area contributed by atoms with Crippen LogP contribution in [0.25, 0.3) is 0 Å². The highest BCUT2D eigenvalue weighted by atomic mass is 35.5. The van der Waals surface area contributed by atoms with Crippen LogP contribution in [-0.4, -0.2) is 53.2 Å². The van der Waals surface area contributed by atoms with Gasteiger partial charge >= 0.3 is 6.09 Å². The average Bonchev–Trinajstić information content (AvgIpc) is 2.89. The highest BCUT2D eigenvalue weighted by Crippen LogP contribution is 2.34. The molecule has 7 heteroatoms. The molecule has 0 saturated carbocycles. The molecule has 1 aromatic rings. The van der Waals surface area contributed by atoms with E-state index in [0.29, 0.717) is 29.7 Å². The molecule has 0 aliphatic carbocycles. The van der Waals surface area contributed by atoms with Crippen LogP contribution in [-0.2, 0) is 11.3 Å². The van der Waals surface area contributed by atoms with Gasteiger partial charge in [0.2, 0.25) is 0 Å². The molecule has 2 aliphatic heterocycles. The Morgan fingerprint density at radius 1 is 1.35 bits per heavy atom. The lowest BCUT2D eigenvalue weighted by atomic mass is 10.0. The Balaban J connectivity index is 1.71. The van der Waals surface area contributed by atoms with E-state index in [1.165, 1.54) is 0 Å². The number of amides is 1. The summed E-state index contributed by atoms with van der Waals surface area (Å²) in [7, 11) is 1.76. The Kier molecular flexibility index (Phi) is 3.52. The molecule has 5 nitrogen and oxygen atoms in total. The number of ether oxygens (including phenoxy) is 1. The number of aromatic nitrogens is 1. The number of nitrogens with zero attached hydrogens (tertiary/aromatic N) is 3. The molecule has 1 amide bonds. The Labute approximate surface area is 127 Å². The molecule has 0 aromatic carbocycles. The van der Waals surface area contributed by atoms with E-state index in [4.69, 9.17) is 27.9 Å². The van der Waals surface area contributed by atoms with Crippen LogP contribution in [0, 0.1) is 0 Å². The monoisotopic (exact) mass is 315 g/mol. The molecule has 2 fully saturated rings. The van der Waals surface area contributed by atoms with Crippen LogP contribution in [0.4, 0.5) is 4.79 Å². The van der Waals surface area contributed by atoms with Crippen molar-refractivity contribution in [2.24, 2.45) is 0 Å². The number of hydrogen-bond donors (Lipinski definition) is 0. The normalized spacial score (nSPS) is 26.6. The Hall–Kier alpha value is -1.04. The van der Waals surface area contributed by atoms with E-state index in [0.717, 1.165) is 18.5 Å². The molecule has 1 aromatic heterocycles. The zero-order chi connectivity index (χ0) is 14.3. The van der Waals surface area contributed by atoms with Gasteiger partial charge in [-0.25, -0.2) is 4.79 Å². The molecule has 0 unspecified atom stereocenters. The molecule has 0 N–H and O–H groups in total. The van der Waals surface area contributed by atoms with Gasteiger partial charge in [0.05, 0.1) is 16.6 Å². The van der Waals surface area contributed by atoms with Gasteiger partial charge in [-0.3, -0.25) is 9.88 Å². The summed E-state index contributed by atoms with van der Waals surface area (Å²) in [5, 5.41) is 1.14. The van der Waals surface area contributed by atoms with Crippen LogP contribution in [0.5, 0.6) is 0 Å². The lowest BCUT2D eigenvalue weighted by molar-refractivity contribution is 0.0627. The first-order valence-corrected chi connectivity index (χ1v) is 7.19. The summed E-state index contributed by atoms with van der Waals surface area (Å²) in [6.07, 6.45) is 3.78. The topological polar surface area (TPSA) is 45.7 Å². The van der Waals surface area contributed by atoms with Gasteiger partial charge in [-0.1, -0.05) is 23.2 Å². The van der Waals surface area contributed by atoms with Crippen LogP contribution in [0.3, 0.4) is 0 Å². The van der Waals surface area contributed by atoms with Gasteiger partial charge < -0.3 is 9.64 Å². The van der Waals surface area contributed by atoms with E-state index in [1.54, 1.807) is 24.3 Å². The summed E-state index contributed by atoms with van der Waals surface area (Å²) in [6.45, 7) is 2.84. The van der Waals surface area contributed by atoms with E-state index in [-0.39, 0.29) is 11.7 Å². The van der Waals surface area contributed by atoms with Gasteiger partial charge in [-0.05, 0) is 0 Å². The van der Waals surface area contributed by atoms with Crippen molar-refractivity contribution >= 4 is 29.3 Å². The quantitative estimate of drug-likeness (QED) is 0.840. The second-order valence-corrected chi connectivity index (χ2v) is 6.26. The number of pyridine rings is 1. The predicted octanol–water partition coefficient (Wildman–Crippen LogP) is 2.41. The second kappa shape index (κ2) is 5.06. The molecular weight excluding hydrogens is 301 g/mol. The highest BCUT2D eigenvalue weighted by Gasteiger charge is 2.48. The Bertz CT molecular complexity index is 534. The van der Waals surface area contributed by atoms with Crippen molar-refractivity contribution < 1.29 is 9.53 Å². The maximum atomic E-state index is 11.5. The fraction of sp³-hybridized carbons (Fsp3) is 0.538. The molecule has 3 heterocycles. The lowest BCUT2D eigenvalue weighted by Gasteiger charge is -2.22. The predicted molar refractivity (Wildman–Crippen MR) is 76.0 cm³/mol. The van der Waals surface area contributed by atoms with E-state index in [1.807, 2.05) is 0 Å². The maximum absolute atomic E-state index is 11.5. The van der Waals surface area contributed by atoms with Crippen LogP contribution in [0.2, 0.25) is 10.0 Å². The SMILES string of the molecule is CN1C[C@]2(CCN(Cc3c(Cl)cncc3Cl)C2)OC1=O. The van der Waals surface area contributed by atoms with Gasteiger partial charge in [0.15, 0.2) is 0 Å². The molecule has 1 spiro atoms. The molecule has 0 radical (unpaired) electrons. The van der Waals surface area contributed by atoms with Crippen molar-refractivity contribution in [3.05, 3.63) is 28.0 Å². The zero-order valence-electron chi connectivity index (χ0n) is 11.1. The van der Waals surface area contributed by atoms with Crippen molar-refractivity contribution in [3.63, 3.8) is 0 Å². The first-order valence-electron chi connectivity index (χ1n) is 6.43. The minimum atomic E-state index is -0.377. The summed E-state index contributed by atoms with van der Waals surface area (Å²) in [5.41, 5.74) is 0.496. The van der Waals surface area contributed by atoms with Gasteiger partial charge in [-0.15, -0.1) is 0 Å². The van der Waals surface area contributed by atoms with E-state index in [2.05, 4.69) is 9.88 Å². The van der Waals surface area contributed by atoms with E-state index in [9.17, 15) is 4.79 Å². The third kappa shape index (κ3) is 2.45. The molecule has 1 atom stereocenters. The second-order valence-electron chi connectivity index (χ2n) is 5.45. The minimum Gasteiger partial charge on any atom is -0.439 e. The third-order valence-corrected chi connectivity index (χ3v) is 4.52. The largest absolute Gasteiger partial charge is 0.439 e. The fourth-order valence-corrected chi connectivity index (χ4v) is 3.36. The van der Waals surface area contributed by atoms with Crippen molar-refractivity contribution in [3.8, 4) is 0 Å². The zero-order valence-corrected chi connectivity index (χ0v) is 12.6. The smallest absolute Gasteiger partial charge is 0.410 e. The van der Waals surface area contributed by atoms with Crippen molar-refractivity contribution in [2.75, 3.05) is 26.7 Å². The highest BCUT2D eigenvalue weighted by molar-refractivity contribution is 6.35. The van der Waals surface area contributed by atoms with Gasteiger partial charge in [0.1, 0.15) is 5.60 Å². The third-order valence-electron chi connectivity index (χ3n) is 3.87. The molecule has 0 bridgehead atoms.